The number of hydrogen-bond acceptors (Lipinski definition) is 4. The minimum Gasteiger partial charge on any atom is -0.495 e. The van der Waals surface area contributed by atoms with Gasteiger partial charge in [-0.1, -0.05) is 13.0 Å². The molecule has 5 heteroatoms. The molecule has 0 aliphatic heterocycles. The number of benzene rings is 1. The van der Waals surface area contributed by atoms with Gasteiger partial charge in [0.05, 0.1) is 18.4 Å². The molecule has 0 atom stereocenters. The molecular weight excluding hydrogens is 248 g/mol. The zero-order valence-electron chi connectivity index (χ0n) is 10.9. The van der Waals surface area contributed by atoms with Gasteiger partial charge in [0.25, 0.3) is 5.91 Å². The number of nitrogens with one attached hydrogen (secondary N) is 1. The number of rotatable bonds is 7. The Balaban J connectivity index is 2.51. The number of nitrogens with two attached hydrogens (primary N) is 1. The van der Waals surface area contributed by atoms with Crippen LogP contribution < -0.4 is 15.8 Å². The highest BCUT2D eigenvalue weighted by atomic mass is 32.2. The zero-order valence-corrected chi connectivity index (χ0v) is 11.7. The van der Waals surface area contributed by atoms with E-state index in [9.17, 15) is 4.79 Å². The molecule has 0 aromatic heterocycles. The van der Waals surface area contributed by atoms with Crippen molar-refractivity contribution in [2.75, 3.05) is 30.9 Å². The highest BCUT2D eigenvalue weighted by molar-refractivity contribution is 7.99. The van der Waals surface area contributed by atoms with Crippen LogP contribution in [0, 0.1) is 0 Å². The fraction of sp³-hybridized carbons (Fsp3) is 0.462. The summed E-state index contributed by atoms with van der Waals surface area (Å²) in [6, 6.07) is 5.20. The van der Waals surface area contributed by atoms with E-state index < -0.39 is 0 Å². The van der Waals surface area contributed by atoms with E-state index in [-0.39, 0.29) is 5.91 Å². The van der Waals surface area contributed by atoms with E-state index in [1.54, 1.807) is 18.2 Å². The SMILES string of the molecule is CCSCCCNC(=O)c1cccc(OC)c1N. The van der Waals surface area contributed by atoms with E-state index in [0.29, 0.717) is 23.5 Å². The molecule has 0 spiro atoms. The van der Waals surface area contributed by atoms with E-state index >= 15 is 0 Å². The van der Waals surface area contributed by atoms with Gasteiger partial charge in [-0.3, -0.25) is 4.79 Å². The first kappa shape index (κ1) is 14.7. The van der Waals surface area contributed by atoms with Crippen LogP contribution in [0.15, 0.2) is 18.2 Å². The van der Waals surface area contributed by atoms with Gasteiger partial charge in [0.15, 0.2) is 0 Å². The summed E-state index contributed by atoms with van der Waals surface area (Å²) in [4.78, 5) is 11.9. The Bertz CT molecular complexity index is 397. The molecule has 1 aromatic carbocycles. The molecule has 18 heavy (non-hydrogen) atoms. The molecule has 1 aromatic rings. The van der Waals surface area contributed by atoms with Crippen LogP contribution in [-0.2, 0) is 0 Å². The molecule has 0 radical (unpaired) electrons. The van der Waals surface area contributed by atoms with E-state index in [1.165, 1.54) is 7.11 Å². The Kier molecular flexibility index (Phi) is 6.43. The number of nitrogen functional groups attached to an aromatic ring is 1. The molecule has 1 amide bonds. The zero-order chi connectivity index (χ0) is 13.4. The van der Waals surface area contributed by atoms with Gasteiger partial charge in [0.1, 0.15) is 5.75 Å². The molecule has 0 aliphatic rings. The lowest BCUT2D eigenvalue weighted by atomic mass is 10.1. The second-order valence-electron chi connectivity index (χ2n) is 3.73. The topological polar surface area (TPSA) is 64.3 Å². The monoisotopic (exact) mass is 268 g/mol. The van der Waals surface area contributed by atoms with Gasteiger partial charge in [-0.2, -0.15) is 11.8 Å². The molecule has 0 fully saturated rings. The van der Waals surface area contributed by atoms with E-state index in [4.69, 9.17) is 10.5 Å². The van der Waals surface area contributed by atoms with E-state index in [2.05, 4.69) is 12.2 Å². The number of carbonyl (C=O) groups is 1. The first-order chi connectivity index (χ1) is 8.70. The van der Waals surface area contributed by atoms with E-state index in [1.807, 2.05) is 11.8 Å². The number of amides is 1. The first-order valence-electron chi connectivity index (χ1n) is 5.99. The third-order valence-electron chi connectivity index (χ3n) is 2.49. The van der Waals surface area contributed by atoms with Crippen LogP contribution in [0.1, 0.15) is 23.7 Å². The van der Waals surface area contributed by atoms with Crippen LogP contribution in [0.3, 0.4) is 0 Å². The van der Waals surface area contributed by atoms with Crippen molar-refractivity contribution in [3.05, 3.63) is 23.8 Å². The van der Waals surface area contributed by atoms with E-state index in [0.717, 1.165) is 17.9 Å². The fourth-order valence-corrected chi connectivity index (χ4v) is 2.17. The summed E-state index contributed by atoms with van der Waals surface area (Å²) >= 11 is 1.87. The van der Waals surface area contributed by atoms with Gasteiger partial charge in [0, 0.05) is 6.54 Å². The van der Waals surface area contributed by atoms with Crippen molar-refractivity contribution < 1.29 is 9.53 Å². The predicted molar refractivity (Wildman–Crippen MR) is 77.4 cm³/mol. The van der Waals surface area contributed by atoms with Gasteiger partial charge < -0.3 is 15.8 Å². The summed E-state index contributed by atoms with van der Waals surface area (Å²) in [6.07, 6.45) is 0.966. The molecule has 0 saturated carbocycles. The Morgan fingerprint density at radius 3 is 2.94 bits per heavy atom. The van der Waals surface area contributed by atoms with Gasteiger partial charge in [0.2, 0.25) is 0 Å². The standard InChI is InChI=1S/C13H20N2O2S/c1-3-18-9-5-8-15-13(16)10-6-4-7-11(17-2)12(10)14/h4,6-7H,3,5,8-9,14H2,1-2H3,(H,15,16). The minimum atomic E-state index is -0.145. The summed E-state index contributed by atoms with van der Waals surface area (Å²) in [5.74, 6) is 2.55. The maximum absolute atomic E-state index is 11.9. The molecule has 100 valence electrons. The van der Waals surface area contributed by atoms with Crippen LogP contribution in [-0.4, -0.2) is 31.1 Å². The van der Waals surface area contributed by atoms with Crippen LogP contribution >= 0.6 is 11.8 Å². The lowest BCUT2D eigenvalue weighted by Gasteiger charge is -2.10. The molecule has 0 saturated heterocycles. The van der Waals surface area contributed by atoms with Crippen molar-refractivity contribution in [3.8, 4) is 5.75 Å². The van der Waals surface area contributed by atoms with Crippen LogP contribution in [0.5, 0.6) is 5.75 Å². The molecule has 0 aliphatic carbocycles. The lowest BCUT2D eigenvalue weighted by Crippen LogP contribution is -2.25. The van der Waals surface area contributed by atoms with Crippen LogP contribution in [0.2, 0.25) is 0 Å². The summed E-state index contributed by atoms with van der Waals surface area (Å²) in [5, 5.41) is 2.86. The number of para-hydroxylation sites is 1. The summed E-state index contributed by atoms with van der Waals surface area (Å²) in [5.41, 5.74) is 6.72. The molecule has 1 rings (SSSR count). The smallest absolute Gasteiger partial charge is 0.253 e. The number of ether oxygens (including phenoxy) is 1. The van der Waals surface area contributed by atoms with Gasteiger partial charge in [-0.05, 0) is 30.1 Å². The quantitative estimate of drug-likeness (QED) is 0.587. The maximum atomic E-state index is 11.9. The number of thioether (sulfide) groups is 1. The third kappa shape index (κ3) is 4.14. The lowest BCUT2D eigenvalue weighted by molar-refractivity contribution is 0.0954. The van der Waals surface area contributed by atoms with Crippen molar-refractivity contribution >= 4 is 23.4 Å². The first-order valence-corrected chi connectivity index (χ1v) is 7.14. The normalized spacial score (nSPS) is 10.1. The molecule has 0 heterocycles. The Hall–Kier alpha value is -1.36. The molecular formula is C13H20N2O2S. The molecule has 0 unspecified atom stereocenters. The largest absolute Gasteiger partial charge is 0.495 e. The molecule has 3 N–H and O–H groups in total. The average molecular weight is 268 g/mol. The van der Waals surface area contributed by atoms with Gasteiger partial charge >= 0.3 is 0 Å². The van der Waals surface area contributed by atoms with Crippen LogP contribution in [0.25, 0.3) is 0 Å². The number of carbonyl (C=O) groups excluding carboxylic acids is 1. The second-order valence-corrected chi connectivity index (χ2v) is 5.12. The highest BCUT2D eigenvalue weighted by Gasteiger charge is 2.12. The maximum Gasteiger partial charge on any atom is 0.253 e. The van der Waals surface area contributed by atoms with Crippen molar-refractivity contribution in [3.63, 3.8) is 0 Å². The number of methoxy groups -OCH3 is 1. The number of anilines is 1. The fourth-order valence-electron chi connectivity index (χ4n) is 1.54. The van der Waals surface area contributed by atoms with Crippen molar-refractivity contribution in [2.24, 2.45) is 0 Å². The van der Waals surface area contributed by atoms with Gasteiger partial charge in [-0.25, -0.2) is 0 Å². The summed E-state index contributed by atoms with van der Waals surface area (Å²) in [6.45, 7) is 2.79. The number of hydrogen-bond donors (Lipinski definition) is 2. The van der Waals surface area contributed by atoms with Crippen molar-refractivity contribution in [2.45, 2.75) is 13.3 Å². The highest BCUT2D eigenvalue weighted by Crippen LogP contribution is 2.24. The van der Waals surface area contributed by atoms with Crippen molar-refractivity contribution in [1.82, 2.24) is 5.32 Å². The third-order valence-corrected chi connectivity index (χ3v) is 3.47. The summed E-state index contributed by atoms with van der Waals surface area (Å²) < 4.78 is 5.09. The van der Waals surface area contributed by atoms with Crippen molar-refractivity contribution in [1.29, 1.82) is 0 Å². The second kappa shape index (κ2) is 7.87. The molecule has 4 nitrogen and oxygen atoms in total. The van der Waals surface area contributed by atoms with Crippen LogP contribution in [0.4, 0.5) is 5.69 Å². The predicted octanol–water partition coefficient (Wildman–Crippen LogP) is 2.15. The Morgan fingerprint density at radius 2 is 2.28 bits per heavy atom. The summed E-state index contributed by atoms with van der Waals surface area (Å²) in [7, 11) is 1.54. The average Bonchev–Trinajstić information content (AvgIpc) is 2.38. The Morgan fingerprint density at radius 1 is 1.50 bits per heavy atom. The Labute approximate surface area is 112 Å². The van der Waals surface area contributed by atoms with Gasteiger partial charge in [-0.15, -0.1) is 0 Å². The molecule has 0 bridgehead atoms. The minimum absolute atomic E-state index is 0.145.